The number of sulfone groups is 1. The number of fused-ring (bicyclic) bond motifs is 1. The summed E-state index contributed by atoms with van der Waals surface area (Å²) in [7, 11) is -0.190. The van der Waals surface area contributed by atoms with E-state index >= 15 is 0 Å². The lowest BCUT2D eigenvalue weighted by Gasteiger charge is -2.34. The molecule has 3 aromatic rings. The largest absolute Gasteiger partial charge is 0.495 e. The molecule has 2 heterocycles. The lowest BCUT2D eigenvalue weighted by Crippen LogP contribution is -2.44. The maximum Gasteiger partial charge on any atom is 0.208 e. The summed E-state index contributed by atoms with van der Waals surface area (Å²) in [6.07, 6.45) is 1.42. The molecule has 1 N–H and O–H groups in total. The molecule has 4 rings (SSSR count). The van der Waals surface area contributed by atoms with Crippen LogP contribution in [-0.4, -0.2) is 58.6 Å². The van der Waals surface area contributed by atoms with Crippen LogP contribution in [-0.2, 0) is 9.84 Å². The summed E-state index contributed by atoms with van der Waals surface area (Å²) in [6.45, 7) is 3.35. The highest BCUT2D eigenvalue weighted by atomic mass is 32.2. The number of aromatic nitrogens is 1. The minimum absolute atomic E-state index is 0.0662. The Bertz CT molecular complexity index is 1120. The number of hydrogen-bond acceptors (Lipinski definition) is 5. The number of rotatable bonds is 4. The minimum Gasteiger partial charge on any atom is -0.495 e. The first-order chi connectivity index (χ1) is 13.4. The van der Waals surface area contributed by atoms with Gasteiger partial charge in [0.05, 0.1) is 22.6 Å². The van der Waals surface area contributed by atoms with E-state index in [0.717, 1.165) is 31.9 Å². The first kappa shape index (κ1) is 18.8. The Morgan fingerprint density at radius 2 is 1.82 bits per heavy atom. The van der Waals surface area contributed by atoms with Gasteiger partial charge < -0.3 is 19.5 Å². The number of halogens is 1. The van der Waals surface area contributed by atoms with Gasteiger partial charge in [-0.3, -0.25) is 0 Å². The Kier molecular flexibility index (Phi) is 4.76. The maximum atomic E-state index is 13.7. The van der Waals surface area contributed by atoms with Gasteiger partial charge in [-0.15, -0.1) is 0 Å². The molecule has 1 aromatic heterocycles. The zero-order valence-corrected chi connectivity index (χ0v) is 16.6. The first-order valence-electron chi connectivity index (χ1n) is 9.03. The molecular formula is C20H22FN3O3S. The molecule has 0 unspecified atom stereocenters. The van der Waals surface area contributed by atoms with Crippen molar-refractivity contribution in [1.29, 1.82) is 0 Å². The highest BCUT2D eigenvalue weighted by Gasteiger charge is 2.25. The monoisotopic (exact) mass is 403 g/mol. The van der Waals surface area contributed by atoms with E-state index in [9.17, 15) is 12.8 Å². The van der Waals surface area contributed by atoms with E-state index in [0.29, 0.717) is 16.7 Å². The van der Waals surface area contributed by atoms with Crippen molar-refractivity contribution in [3.63, 3.8) is 0 Å². The van der Waals surface area contributed by atoms with E-state index in [-0.39, 0.29) is 9.79 Å². The molecule has 0 amide bonds. The van der Waals surface area contributed by atoms with Crippen LogP contribution in [0, 0.1) is 5.82 Å². The van der Waals surface area contributed by atoms with Crippen molar-refractivity contribution in [3.8, 4) is 5.75 Å². The lowest BCUT2D eigenvalue weighted by molar-refractivity contribution is 0.311. The molecule has 1 aliphatic rings. The maximum absolute atomic E-state index is 13.7. The minimum atomic E-state index is -3.83. The number of benzene rings is 2. The Labute approximate surface area is 163 Å². The summed E-state index contributed by atoms with van der Waals surface area (Å²) in [5.41, 5.74) is 1.33. The summed E-state index contributed by atoms with van der Waals surface area (Å²) in [5.74, 6) is 0.157. The van der Waals surface area contributed by atoms with Gasteiger partial charge in [-0.1, -0.05) is 0 Å². The van der Waals surface area contributed by atoms with E-state index in [1.807, 2.05) is 0 Å². The average molecular weight is 403 g/mol. The second-order valence-corrected chi connectivity index (χ2v) is 8.89. The Hall–Kier alpha value is -2.58. The number of likely N-dealkylation sites (N-methyl/N-ethyl adjacent to an activating group) is 1. The van der Waals surface area contributed by atoms with Crippen molar-refractivity contribution in [2.45, 2.75) is 9.79 Å². The number of H-pyrrole nitrogens is 1. The quantitative estimate of drug-likeness (QED) is 0.726. The van der Waals surface area contributed by atoms with Gasteiger partial charge in [0.1, 0.15) is 11.6 Å². The molecule has 0 bridgehead atoms. The number of piperazine rings is 1. The number of ether oxygens (including phenoxy) is 1. The summed E-state index contributed by atoms with van der Waals surface area (Å²) in [5, 5.41) is 0.344. The third-order valence-electron chi connectivity index (χ3n) is 5.20. The number of nitrogens with one attached hydrogen (secondary N) is 1. The van der Waals surface area contributed by atoms with E-state index < -0.39 is 15.7 Å². The third kappa shape index (κ3) is 3.22. The Morgan fingerprint density at radius 3 is 2.54 bits per heavy atom. The molecular weight excluding hydrogens is 381 g/mol. The van der Waals surface area contributed by atoms with Gasteiger partial charge in [0.25, 0.3) is 0 Å². The molecule has 0 aliphatic carbocycles. The van der Waals surface area contributed by atoms with Crippen LogP contribution < -0.4 is 9.64 Å². The molecule has 0 saturated carbocycles. The predicted molar refractivity (Wildman–Crippen MR) is 106 cm³/mol. The van der Waals surface area contributed by atoms with Crippen molar-refractivity contribution in [2.24, 2.45) is 0 Å². The zero-order valence-electron chi connectivity index (χ0n) is 15.8. The van der Waals surface area contributed by atoms with Crippen LogP contribution in [0.1, 0.15) is 0 Å². The fourth-order valence-corrected chi connectivity index (χ4v) is 4.99. The highest BCUT2D eigenvalue weighted by Crippen LogP contribution is 2.35. The van der Waals surface area contributed by atoms with Crippen molar-refractivity contribution in [2.75, 3.05) is 45.2 Å². The predicted octanol–water partition coefficient (Wildman–Crippen LogP) is 2.90. The van der Waals surface area contributed by atoms with Gasteiger partial charge in [0.2, 0.25) is 9.84 Å². The molecule has 2 aromatic carbocycles. The third-order valence-corrected chi connectivity index (χ3v) is 6.99. The SMILES string of the molecule is COc1ccc(S(=O)(=O)c2c[nH]c3ccc(F)cc23)cc1N1CCN(C)CC1. The van der Waals surface area contributed by atoms with E-state index in [2.05, 4.69) is 21.8 Å². The number of aromatic amines is 1. The fraction of sp³-hybridized carbons (Fsp3) is 0.300. The molecule has 0 radical (unpaired) electrons. The Balaban J connectivity index is 1.79. The molecule has 1 saturated heterocycles. The van der Waals surface area contributed by atoms with Crippen LogP contribution in [0.5, 0.6) is 5.75 Å². The van der Waals surface area contributed by atoms with Crippen molar-refractivity contribution >= 4 is 26.4 Å². The molecule has 28 heavy (non-hydrogen) atoms. The molecule has 6 nitrogen and oxygen atoms in total. The van der Waals surface area contributed by atoms with Gasteiger partial charge in [0.15, 0.2) is 0 Å². The highest BCUT2D eigenvalue weighted by molar-refractivity contribution is 7.91. The lowest BCUT2D eigenvalue weighted by atomic mass is 10.2. The second kappa shape index (κ2) is 7.10. The molecule has 0 atom stereocenters. The zero-order chi connectivity index (χ0) is 19.9. The summed E-state index contributed by atoms with van der Waals surface area (Å²) in [6, 6.07) is 8.94. The van der Waals surface area contributed by atoms with Gasteiger partial charge >= 0.3 is 0 Å². The first-order valence-corrected chi connectivity index (χ1v) is 10.5. The van der Waals surface area contributed by atoms with Crippen LogP contribution in [0.15, 0.2) is 52.4 Å². The summed E-state index contributed by atoms with van der Waals surface area (Å²) >= 11 is 0. The standard InChI is InChI=1S/C20H22FN3O3S/c1-23-7-9-24(10-8-23)18-12-15(4-6-19(18)27-2)28(25,26)20-13-22-17-5-3-14(21)11-16(17)20/h3-6,11-13,22H,7-10H2,1-2H3. The van der Waals surface area contributed by atoms with Gasteiger partial charge in [0, 0.05) is 43.3 Å². The topological polar surface area (TPSA) is 65.6 Å². The second-order valence-electron chi connectivity index (χ2n) is 6.97. The molecule has 8 heteroatoms. The van der Waals surface area contributed by atoms with Crippen molar-refractivity contribution in [1.82, 2.24) is 9.88 Å². The van der Waals surface area contributed by atoms with Gasteiger partial charge in [-0.2, -0.15) is 0 Å². The van der Waals surface area contributed by atoms with Crippen LogP contribution in [0.25, 0.3) is 10.9 Å². The normalized spacial score (nSPS) is 15.9. The number of nitrogens with zero attached hydrogens (tertiary/aromatic N) is 2. The van der Waals surface area contributed by atoms with Gasteiger partial charge in [-0.05, 0) is 43.4 Å². The average Bonchev–Trinajstić information content (AvgIpc) is 3.12. The number of anilines is 1. The van der Waals surface area contributed by atoms with Crippen LogP contribution in [0.3, 0.4) is 0 Å². The summed E-state index contributed by atoms with van der Waals surface area (Å²) < 4.78 is 45.7. The number of methoxy groups -OCH3 is 1. The molecule has 1 fully saturated rings. The molecule has 148 valence electrons. The fourth-order valence-electron chi connectivity index (χ4n) is 3.55. The van der Waals surface area contributed by atoms with Gasteiger partial charge in [-0.25, -0.2) is 12.8 Å². The van der Waals surface area contributed by atoms with E-state index in [1.165, 1.54) is 30.5 Å². The molecule has 0 spiro atoms. The Morgan fingerprint density at radius 1 is 1.07 bits per heavy atom. The van der Waals surface area contributed by atoms with Crippen LogP contribution in [0.2, 0.25) is 0 Å². The van der Waals surface area contributed by atoms with Crippen molar-refractivity contribution in [3.05, 3.63) is 48.4 Å². The molecule has 1 aliphatic heterocycles. The van der Waals surface area contributed by atoms with E-state index in [4.69, 9.17) is 4.74 Å². The van der Waals surface area contributed by atoms with E-state index in [1.54, 1.807) is 19.2 Å². The number of hydrogen-bond donors (Lipinski definition) is 1. The summed E-state index contributed by atoms with van der Waals surface area (Å²) in [4.78, 5) is 7.49. The van der Waals surface area contributed by atoms with Crippen LogP contribution in [0.4, 0.5) is 10.1 Å². The van der Waals surface area contributed by atoms with Crippen molar-refractivity contribution < 1.29 is 17.5 Å². The van der Waals surface area contributed by atoms with Crippen LogP contribution >= 0.6 is 0 Å². The smallest absolute Gasteiger partial charge is 0.208 e.